The molecular formula is C22H22ClNO3. The summed E-state index contributed by atoms with van der Waals surface area (Å²) in [6, 6.07) is 15.3. The first-order chi connectivity index (χ1) is 12.9. The van der Waals surface area contributed by atoms with Gasteiger partial charge in [0.15, 0.2) is 0 Å². The highest BCUT2D eigenvalue weighted by Crippen LogP contribution is 2.40. The Morgan fingerprint density at radius 1 is 1.19 bits per heavy atom. The summed E-state index contributed by atoms with van der Waals surface area (Å²) in [6.07, 6.45) is 0.178. The van der Waals surface area contributed by atoms with Gasteiger partial charge >= 0.3 is 5.97 Å². The van der Waals surface area contributed by atoms with Gasteiger partial charge in [0.1, 0.15) is 0 Å². The average molecular weight is 384 g/mol. The third kappa shape index (κ3) is 3.91. The van der Waals surface area contributed by atoms with Gasteiger partial charge in [-0.3, -0.25) is 4.79 Å². The fraction of sp³-hybridized carbons (Fsp3) is 0.273. The molecule has 0 N–H and O–H groups in total. The molecule has 0 fully saturated rings. The van der Waals surface area contributed by atoms with Crippen molar-refractivity contribution in [3.8, 4) is 0 Å². The lowest BCUT2D eigenvalue weighted by atomic mass is 9.83. The van der Waals surface area contributed by atoms with E-state index in [4.69, 9.17) is 16.3 Å². The summed E-state index contributed by atoms with van der Waals surface area (Å²) in [5, 5.41) is 0.539. The topological polar surface area (TPSA) is 46.6 Å². The summed E-state index contributed by atoms with van der Waals surface area (Å²) in [6.45, 7) is 4.22. The average Bonchev–Trinajstić information content (AvgIpc) is 2.64. The summed E-state index contributed by atoms with van der Waals surface area (Å²) < 4.78 is 5.03. The SMILES string of the molecule is COC(=O)C1=C(C)N(Cc2cccc(C)c2)C(=O)C[C@H]1c1ccccc1Cl. The van der Waals surface area contributed by atoms with E-state index in [1.165, 1.54) is 7.11 Å². The van der Waals surface area contributed by atoms with Gasteiger partial charge in [0.25, 0.3) is 0 Å². The van der Waals surface area contributed by atoms with Crippen molar-refractivity contribution in [3.63, 3.8) is 0 Å². The van der Waals surface area contributed by atoms with Crippen LogP contribution < -0.4 is 0 Å². The van der Waals surface area contributed by atoms with E-state index >= 15 is 0 Å². The van der Waals surface area contributed by atoms with E-state index in [1.54, 1.807) is 17.9 Å². The quantitative estimate of drug-likeness (QED) is 0.724. The molecule has 0 radical (unpaired) electrons. The minimum absolute atomic E-state index is 0.0356. The first-order valence-corrected chi connectivity index (χ1v) is 9.19. The first kappa shape index (κ1) is 19.2. The molecule has 0 saturated heterocycles. The van der Waals surface area contributed by atoms with Crippen LogP contribution in [0.2, 0.25) is 5.02 Å². The smallest absolute Gasteiger partial charge is 0.336 e. The van der Waals surface area contributed by atoms with E-state index in [2.05, 4.69) is 0 Å². The van der Waals surface area contributed by atoms with Gasteiger partial charge in [0.05, 0.1) is 19.2 Å². The Balaban J connectivity index is 2.05. The highest BCUT2D eigenvalue weighted by Gasteiger charge is 2.37. The number of ether oxygens (including phenoxy) is 1. The van der Waals surface area contributed by atoms with Gasteiger partial charge in [0.2, 0.25) is 5.91 Å². The van der Waals surface area contributed by atoms with Gasteiger partial charge < -0.3 is 9.64 Å². The Labute approximate surface area is 164 Å². The molecule has 27 heavy (non-hydrogen) atoms. The van der Waals surface area contributed by atoms with Gasteiger partial charge in [-0.05, 0) is 31.0 Å². The normalized spacial score (nSPS) is 17.3. The summed E-state index contributed by atoms with van der Waals surface area (Å²) >= 11 is 6.35. The van der Waals surface area contributed by atoms with E-state index in [-0.39, 0.29) is 12.3 Å². The fourth-order valence-corrected chi connectivity index (χ4v) is 3.86. The maximum Gasteiger partial charge on any atom is 0.336 e. The molecule has 0 saturated carbocycles. The molecule has 0 aliphatic carbocycles. The lowest BCUT2D eigenvalue weighted by molar-refractivity contribution is -0.138. The van der Waals surface area contributed by atoms with E-state index in [0.29, 0.717) is 22.8 Å². The second-order valence-corrected chi connectivity index (χ2v) is 7.15. The summed E-state index contributed by atoms with van der Waals surface area (Å²) in [5.41, 5.74) is 4.01. The van der Waals surface area contributed by atoms with Crippen LogP contribution in [0.4, 0.5) is 0 Å². The third-order valence-electron chi connectivity index (χ3n) is 4.93. The Kier molecular flexibility index (Phi) is 5.66. The Hall–Kier alpha value is -2.59. The highest BCUT2D eigenvalue weighted by atomic mass is 35.5. The number of methoxy groups -OCH3 is 1. The molecule has 2 aromatic rings. The van der Waals surface area contributed by atoms with Crippen molar-refractivity contribution >= 4 is 23.5 Å². The molecule has 1 aliphatic heterocycles. The van der Waals surface area contributed by atoms with Crippen LogP contribution in [0, 0.1) is 6.92 Å². The number of hydrogen-bond acceptors (Lipinski definition) is 3. The van der Waals surface area contributed by atoms with Crippen LogP contribution in [0.5, 0.6) is 0 Å². The number of hydrogen-bond donors (Lipinski definition) is 0. The number of amides is 1. The molecule has 3 rings (SSSR count). The number of rotatable bonds is 4. The molecule has 140 valence electrons. The van der Waals surface area contributed by atoms with Crippen molar-refractivity contribution < 1.29 is 14.3 Å². The van der Waals surface area contributed by atoms with Crippen molar-refractivity contribution in [1.82, 2.24) is 4.90 Å². The molecule has 0 aromatic heterocycles. The molecule has 5 heteroatoms. The van der Waals surface area contributed by atoms with Crippen LogP contribution in [0.1, 0.15) is 36.0 Å². The van der Waals surface area contributed by atoms with Gasteiger partial charge in [-0.2, -0.15) is 0 Å². The lowest BCUT2D eigenvalue weighted by Crippen LogP contribution is -2.38. The van der Waals surface area contributed by atoms with Crippen LogP contribution in [0.3, 0.4) is 0 Å². The molecule has 0 spiro atoms. The van der Waals surface area contributed by atoms with Gasteiger partial charge in [-0.15, -0.1) is 0 Å². The molecule has 0 bridgehead atoms. The van der Waals surface area contributed by atoms with Gasteiger partial charge in [-0.1, -0.05) is 59.6 Å². The molecule has 1 atom stereocenters. The van der Waals surface area contributed by atoms with Crippen molar-refractivity contribution in [2.45, 2.75) is 32.7 Å². The maximum absolute atomic E-state index is 12.9. The van der Waals surface area contributed by atoms with Gasteiger partial charge in [-0.25, -0.2) is 4.79 Å². The number of nitrogens with zero attached hydrogens (tertiary/aromatic N) is 1. The van der Waals surface area contributed by atoms with Gasteiger partial charge in [0, 0.05) is 23.1 Å². The highest BCUT2D eigenvalue weighted by molar-refractivity contribution is 6.31. The number of allylic oxidation sites excluding steroid dienone is 1. The Bertz CT molecular complexity index is 919. The molecular weight excluding hydrogens is 362 g/mol. The van der Waals surface area contributed by atoms with Crippen molar-refractivity contribution in [3.05, 3.63) is 81.5 Å². The Morgan fingerprint density at radius 2 is 1.93 bits per heavy atom. The molecule has 1 amide bonds. The number of carbonyl (C=O) groups excluding carboxylic acids is 2. The molecule has 2 aromatic carbocycles. The number of aryl methyl sites for hydroxylation is 1. The number of benzene rings is 2. The minimum atomic E-state index is -0.431. The third-order valence-corrected chi connectivity index (χ3v) is 5.28. The van der Waals surface area contributed by atoms with Crippen LogP contribution in [0.15, 0.2) is 59.8 Å². The second-order valence-electron chi connectivity index (χ2n) is 6.74. The molecule has 1 aliphatic rings. The fourth-order valence-electron chi connectivity index (χ4n) is 3.59. The zero-order chi connectivity index (χ0) is 19.6. The standard InChI is InChI=1S/C22H22ClNO3/c1-14-7-6-8-16(11-14)13-24-15(2)21(22(26)27-3)18(12-20(24)25)17-9-4-5-10-19(17)23/h4-11,18H,12-13H2,1-3H3/t18-/m0/s1. The largest absolute Gasteiger partial charge is 0.466 e. The molecule has 4 nitrogen and oxygen atoms in total. The maximum atomic E-state index is 12.9. The van der Waals surface area contributed by atoms with Crippen molar-refractivity contribution in [1.29, 1.82) is 0 Å². The van der Waals surface area contributed by atoms with Crippen molar-refractivity contribution in [2.24, 2.45) is 0 Å². The monoisotopic (exact) mass is 383 g/mol. The molecule has 1 heterocycles. The predicted molar refractivity (Wildman–Crippen MR) is 105 cm³/mol. The van der Waals surface area contributed by atoms with Crippen LogP contribution >= 0.6 is 11.6 Å². The first-order valence-electron chi connectivity index (χ1n) is 8.81. The summed E-state index contributed by atoms with van der Waals surface area (Å²) in [4.78, 5) is 27.2. The number of carbonyl (C=O) groups is 2. The lowest BCUT2D eigenvalue weighted by Gasteiger charge is -2.34. The second kappa shape index (κ2) is 7.97. The van der Waals surface area contributed by atoms with E-state index in [1.807, 2.05) is 49.4 Å². The van der Waals surface area contributed by atoms with Crippen LogP contribution in [-0.2, 0) is 20.9 Å². The summed E-state index contributed by atoms with van der Waals surface area (Å²) in [5.74, 6) is -0.877. The van der Waals surface area contributed by atoms with E-state index in [0.717, 1.165) is 16.7 Å². The van der Waals surface area contributed by atoms with Crippen LogP contribution in [-0.4, -0.2) is 23.9 Å². The number of esters is 1. The van der Waals surface area contributed by atoms with E-state index < -0.39 is 11.9 Å². The number of halogens is 1. The minimum Gasteiger partial charge on any atom is -0.466 e. The Morgan fingerprint density at radius 3 is 2.59 bits per heavy atom. The zero-order valence-corrected chi connectivity index (χ0v) is 16.4. The van der Waals surface area contributed by atoms with E-state index in [9.17, 15) is 9.59 Å². The van der Waals surface area contributed by atoms with Crippen LogP contribution in [0.25, 0.3) is 0 Å². The van der Waals surface area contributed by atoms with Crippen molar-refractivity contribution in [2.75, 3.05) is 7.11 Å². The predicted octanol–water partition coefficient (Wildman–Crippen LogP) is 4.61. The zero-order valence-electron chi connectivity index (χ0n) is 15.7. The molecule has 0 unspecified atom stereocenters. The summed E-state index contributed by atoms with van der Waals surface area (Å²) in [7, 11) is 1.35.